The zero-order valence-corrected chi connectivity index (χ0v) is 13.2. The molecule has 1 heterocycles. The Labute approximate surface area is 121 Å². The molecule has 0 aromatic heterocycles. The van der Waals surface area contributed by atoms with Gasteiger partial charge < -0.3 is 19.8 Å². The number of piperidine rings is 1. The van der Waals surface area contributed by atoms with Gasteiger partial charge in [-0.2, -0.15) is 0 Å². The molecule has 2 N–H and O–H groups in total. The third-order valence-corrected chi connectivity index (χ3v) is 3.85. The Balaban J connectivity index is 2.58. The van der Waals surface area contributed by atoms with E-state index in [0.29, 0.717) is 25.9 Å². The van der Waals surface area contributed by atoms with Crippen LogP contribution in [0.5, 0.6) is 0 Å². The zero-order valence-electron chi connectivity index (χ0n) is 13.2. The second-order valence-corrected chi connectivity index (χ2v) is 6.99. The van der Waals surface area contributed by atoms with Gasteiger partial charge in [0.05, 0.1) is 6.10 Å². The summed E-state index contributed by atoms with van der Waals surface area (Å²) in [5.41, 5.74) is -0.530. The molecule has 1 aliphatic rings. The van der Waals surface area contributed by atoms with Crippen molar-refractivity contribution in [1.82, 2.24) is 4.90 Å². The van der Waals surface area contributed by atoms with E-state index in [1.807, 2.05) is 20.8 Å². The largest absolute Gasteiger partial charge is 0.444 e. The zero-order chi connectivity index (χ0) is 15.4. The van der Waals surface area contributed by atoms with Gasteiger partial charge in [-0.1, -0.05) is 0 Å². The number of carbonyl (C=O) groups excluding carboxylic acids is 1. The van der Waals surface area contributed by atoms with E-state index in [1.54, 1.807) is 11.8 Å². The van der Waals surface area contributed by atoms with E-state index in [1.165, 1.54) is 0 Å². The van der Waals surface area contributed by atoms with Crippen molar-refractivity contribution in [2.24, 2.45) is 5.41 Å². The van der Waals surface area contributed by atoms with Crippen LogP contribution in [0.1, 0.15) is 53.4 Å². The van der Waals surface area contributed by atoms with Gasteiger partial charge in [-0.05, 0) is 58.8 Å². The van der Waals surface area contributed by atoms with Crippen LogP contribution in [0.15, 0.2) is 0 Å². The lowest BCUT2D eigenvalue weighted by Gasteiger charge is -2.42. The Kier molecular flexibility index (Phi) is 5.83. The molecule has 20 heavy (non-hydrogen) atoms. The molecule has 1 amide bonds. The second-order valence-electron chi connectivity index (χ2n) is 6.99. The smallest absolute Gasteiger partial charge is 0.410 e. The van der Waals surface area contributed by atoms with Crippen LogP contribution in [0.25, 0.3) is 0 Å². The van der Waals surface area contributed by atoms with Gasteiger partial charge >= 0.3 is 6.09 Å². The summed E-state index contributed by atoms with van der Waals surface area (Å²) < 4.78 is 5.37. The van der Waals surface area contributed by atoms with Crippen LogP contribution < -0.4 is 0 Å². The summed E-state index contributed by atoms with van der Waals surface area (Å²) in [7, 11) is 0. The highest BCUT2D eigenvalue weighted by atomic mass is 16.6. The Bertz CT molecular complexity index is 314. The van der Waals surface area contributed by atoms with Gasteiger partial charge in [0.2, 0.25) is 0 Å². The van der Waals surface area contributed by atoms with Gasteiger partial charge in [0.25, 0.3) is 0 Å². The van der Waals surface area contributed by atoms with Crippen LogP contribution in [-0.2, 0) is 4.74 Å². The molecule has 1 fully saturated rings. The van der Waals surface area contributed by atoms with Gasteiger partial charge in [-0.3, -0.25) is 0 Å². The standard InChI is InChI=1S/C15H29NO4/c1-12(18)11-15(7-10-17)5-8-16(9-6-15)13(19)20-14(2,3)4/h12,17-18H,5-11H2,1-4H3/t12-/m0/s1. The SMILES string of the molecule is C[C@H](O)CC1(CCO)CCN(C(=O)OC(C)(C)C)CC1. The number of aliphatic hydroxyl groups excluding tert-OH is 2. The van der Waals surface area contributed by atoms with Crippen molar-refractivity contribution in [3.05, 3.63) is 0 Å². The quantitative estimate of drug-likeness (QED) is 0.831. The first-order valence-corrected chi connectivity index (χ1v) is 7.44. The van der Waals surface area contributed by atoms with Crippen molar-refractivity contribution in [3.8, 4) is 0 Å². The molecule has 0 saturated carbocycles. The fourth-order valence-corrected chi connectivity index (χ4v) is 2.91. The third-order valence-electron chi connectivity index (χ3n) is 3.85. The molecule has 1 rings (SSSR count). The maximum absolute atomic E-state index is 12.0. The minimum absolute atomic E-state index is 0.0541. The molecule has 0 aromatic carbocycles. The molecule has 1 atom stereocenters. The number of ether oxygens (including phenoxy) is 1. The minimum atomic E-state index is -0.476. The van der Waals surface area contributed by atoms with Gasteiger partial charge in [0.1, 0.15) is 5.60 Å². The molecule has 1 saturated heterocycles. The van der Waals surface area contributed by atoms with Crippen LogP contribution in [-0.4, -0.2) is 52.6 Å². The predicted molar refractivity (Wildman–Crippen MR) is 77.5 cm³/mol. The third kappa shape index (κ3) is 5.29. The van der Waals surface area contributed by atoms with Crippen molar-refractivity contribution in [2.75, 3.05) is 19.7 Å². The van der Waals surface area contributed by atoms with E-state index < -0.39 is 5.60 Å². The molecule has 1 aliphatic heterocycles. The van der Waals surface area contributed by atoms with Crippen LogP contribution in [0.4, 0.5) is 4.79 Å². The van der Waals surface area contributed by atoms with Crippen molar-refractivity contribution in [2.45, 2.75) is 65.1 Å². The number of carbonyl (C=O) groups is 1. The summed E-state index contributed by atoms with van der Waals surface area (Å²) in [5, 5.41) is 18.9. The van der Waals surface area contributed by atoms with Gasteiger partial charge in [-0.25, -0.2) is 4.79 Å². The normalized spacial score (nSPS) is 20.6. The molecular weight excluding hydrogens is 258 g/mol. The van der Waals surface area contributed by atoms with E-state index in [4.69, 9.17) is 4.74 Å². The summed E-state index contributed by atoms with van der Waals surface area (Å²) in [6, 6.07) is 0. The number of hydrogen-bond donors (Lipinski definition) is 2. The van der Waals surface area contributed by atoms with Crippen molar-refractivity contribution in [1.29, 1.82) is 0 Å². The average Bonchev–Trinajstić information content (AvgIpc) is 2.26. The highest BCUT2D eigenvalue weighted by Crippen LogP contribution is 2.39. The Morgan fingerprint density at radius 2 is 1.90 bits per heavy atom. The summed E-state index contributed by atoms with van der Waals surface area (Å²) in [6.45, 7) is 8.73. The maximum atomic E-state index is 12.0. The first-order valence-electron chi connectivity index (χ1n) is 7.44. The molecule has 0 spiro atoms. The molecule has 0 aromatic rings. The van der Waals surface area contributed by atoms with Crippen molar-refractivity contribution < 1.29 is 19.7 Å². The second kappa shape index (κ2) is 6.76. The van der Waals surface area contributed by atoms with E-state index in [-0.39, 0.29) is 24.2 Å². The number of hydrogen-bond acceptors (Lipinski definition) is 4. The molecule has 5 nitrogen and oxygen atoms in total. The summed E-state index contributed by atoms with van der Waals surface area (Å²) in [4.78, 5) is 13.7. The van der Waals surface area contributed by atoms with E-state index in [0.717, 1.165) is 12.8 Å². The molecule has 0 radical (unpaired) electrons. The average molecular weight is 287 g/mol. The van der Waals surface area contributed by atoms with Crippen LogP contribution in [0, 0.1) is 5.41 Å². The lowest BCUT2D eigenvalue weighted by molar-refractivity contribution is -0.00323. The highest BCUT2D eigenvalue weighted by Gasteiger charge is 2.37. The lowest BCUT2D eigenvalue weighted by atomic mass is 9.72. The summed E-state index contributed by atoms with van der Waals surface area (Å²) in [5.74, 6) is 0. The van der Waals surface area contributed by atoms with Crippen LogP contribution >= 0.6 is 0 Å². The fraction of sp³-hybridized carbons (Fsp3) is 0.933. The monoisotopic (exact) mass is 287 g/mol. The molecular formula is C15H29NO4. The van der Waals surface area contributed by atoms with Crippen LogP contribution in [0.3, 0.4) is 0 Å². The summed E-state index contributed by atoms with van der Waals surface area (Å²) in [6.07, 6.45) is 2.31. The number of aliphatic hydroxyl groups is 2. The van der Waals surface area contributed by atoms with E-state index >= 15 is 0 Å². The number of amides is 1. The van der Waals surface area contributed by atoms with E-state index in [2.05, 4.69) is 0 Å². The van der Waals surface area contributed by atoms with Gasteiger partial charge in [-0.15, -0.1) is 0 Å². The molecule has 5 heteroatoms. The van der Waals surface area contributed by atoms with Crippen molar-refractivity contribution in [3.63, 3.8) is 0 Å². The summed E-state index contributed by atoms with van der Waals surface area (Å²) >= 11 is 0. The Morgan fingerprint density at radius 3 is 2.30 bits per heavy atom. The maximum Gasteiger partial charge on any atom is 0.410 e. The number of nitrogens with zero attached hydrogens (tertiary/aromatic N) is 1. The molecule has 0 aliphatic carbocycles. The van der Waals surface area contributed by atoms with Gasteiger partial charge in [0.15, 0.2) is 0 Å². The molecule has 0 unspecified atom stereocenters. The topological polar surface area (TPSA) is 70.0 Å². The predicted octanol–water partition coefficient (Wildman–Crippen LogP) is 2.16. The Hall–Kier alpha value is -0.810. The number of rotatable bonds is 4. The van der Waals surface area contributed by atoms with Gasteiger partial charge in [0, 0.05) is 19.7 Å². The van der Waals surface area contributed by atoms with Crippen molar-refractivity contribution >= 4 is 6.09 Å². The highest BCUT2D eigenvalue weighted by molar-refractivity contribution is 5.68. The fourth-order valence-electron chi connectivity index (χ4n) is 2.91. The van der Waals surface area contributed by atoms with Crippen LogP contribution in [0.2, 0.25) is 0 Å². The molecule has 118 valence electrons. The number of likely N-dealkylation sites (tertiary alicyclic amines) is 1. The first kappa shape index (κ1) is 17.2. The van der Waals surface area contributed by atoms with E-state index in [9.17, 15) is 15.0 Å². The molecule has 0 bridgehead atoms. The minimum Gasteiger partial charge on any atom is -0.444 e. The Morgan fingerprint density at radius 1 is 1.35 bits per heavy atom. The lowest BCUT2D eigenvalue weighted by Crippen LogP contribution is -2.46. The first-order chi connectivity index (χ1) is 9.17.